The third-order valence-corrected chi connectivity index (χ3v) is 4.16. The number of allylic oxidation sites excluding steroid dienone is 1. The third-order valence-electron chi connectivity index (χ3n) is 4.16. The zero-order valence-corrected chi connectivity index (χ0v) is 7.13. The monoisotopic (exact) mass is 150 g/mol. The van der Waals surface area contributed by atoms with Crippen molar-refractivity contribution < 1.29 is 4.74 Å². The molecule has 3 atom stereocenters. The molecule has 3 aliphatic rings. The molecule has 0 aromatic carbocycles. The standard InChI is InChI=1S/C10H14O/c1-9(2)7-3-4-10(7)6-11-5-8(9)10/h3-4,7-8H,5-6H2,1-2H3/t7-,8-,10?/m0/s1. The molecule has 1 spiro atoms. The van der Waals surface area contributed by atoms with Crippen molar-refractivity contribution in [1.29, 1.82) is 0 Å². The summed E-state index contributed by atoms with van der Waals surface area (Å²) in [5.74, 6) is 1.63. The molecule has 0 amide bonds. The van der Waals surface area contributed by atoms with Crippen molar-refractivity contribution in [2.75, 3.05) is 13.2 Å². The van der Waals surface area contributed by atoms with Crippen LogP contribution >= 0.6 is 0 Å². The molecule has 0 radical (unpaired) electrons. The molecule has 1 nitrogen and oxygen atoms in total. The predicted molar refractivity (Wildman–Crippen MR) is 43.2 cm³/mol. The minimum atomic E-state index is 0.503. The molecule has 0 aromatic rings. The molecule has 1 unspecified atom stereocenters. The molecule has 0 aromatic heterocycles. The highest BCUT2D eigenvalue weighted by molar-refractivity contribution is 5.34. The largest absolute Gasteiger partial charge is 0.380 e. The van der Waals surface area contributed by atoms with Gasteiger partial charge >= 0.3 is 0 Å². The molecule has 0 N–H and O–H groups in total. The maximum absolute atomic E-state index is 5.54. The normalized spacial score (nSPS) is 55.8. The maximum atomic E-state index is 5.54. The van der Waals surface area contributed by atoms with Crippen LogP contribution < -0.4 is 0 Å². The van der Waals surface area contributed by atoms with Gasteiger partial charge in [-0.25, -0.2) is 0 Å². The Morgan fingerprint density at radius 2 is 2.27 bits per heavy atom. The van der Waals surface area contributed by atoms with Gasteiger partial charge in [0.25, 0.3) is 0 Å². The van der Waals surface area contributed by atoms with E-state index in [2.05, 4.69) is 26.0 Å². The van der Waals surface area contributed by atoms with E-state index in [-0.39, 0.29) is 0 Å². The smallest absolute Gasteiger partial charge is 0.0566 e. The van der Waals surface area contributed by atoms with Gasteiger partial charge in [0.1, 0.15) is 0 Å². The first-order valence-electron chi connectivity index (χ1n) is 4.45. The fraction of sp³-hybridized carbons (Fsp3) is 0.800. The average molecular weight is 150 g/mol. The molecular weight excluding hydrogens is 136 g/mol. The van der Waals surface area contributed by atoms with E-state index >= 15 is 0 Å². The third kappa shape index (κ3) is 0.427. The first-order chi connectivity index (χ1) is 5.18. The summed E-state index contributed by atoms with van der Waals surface area (Å²) in [4.78, 5) is 0. The van der Waals surface area contributed by atoms with Crippen molar-refractivity contribution in [2.24, 2.45) is 22.7 Å². The highest BCUT2D eigenvalue weighted by Gasteiger charge is 2.69. The van der Waals surface area contributed by atoms with E-state index in [1.165, 1.54) is 0 Å². The Hall–Kier alpha value is -0.300. The van der Waals surface area contributed by atoms with Crippen LogP contribution in [0, 0.1) is 22.7 Å². The van der Waals surface area contributed by atoms with E-state index in [1.54, 1.807) is 0 Å². The molecule has 0 bridgehead atoms. The van der Waals surface area contributed by atoms with E-state index in [4.69, 9.17) is 4.74 Å². The Morgan fingerprint density at radius 3 is 2.82 bits per heavy atom. The van der Waals surface area contributed by atoms with Gasteiger partial charge in [0.15, 0.2) is 0 Å². The molecule has 1 aliphatic heterocycles. The van der Waals surface area contributed by atoms with Gasteiger partial charge in [-0.2, -0.15) is 0 Å². The van der Waals surface area contributed by atoms with Crippen molar-refractivity contribution in [2.45, 2.75) is 13.8 Å². The first kappa shape index (κ1) is 6.24. The number of hydrogen-bond donors (Lipinski definition) is 0. The predicted octanol–water partition coefficient (Wildman–Crippen LogP) is 1.84. The number of hydrogen-bond acceptors (Lipinski definition) is 1. The van der Waals surface area contributed by atoms with Crippen LogP contribution in [0.2, 0.25) is 0 Å². The van der Waals surface area contributed by atoms with E-state index < -0.39 is 0 Å². The van der Waals surface area contributed by atoms with Gasteiger partial charge < -0.3 is 4.74 Å². The molecule has 60 valence electrons. The van der Waals surface area contributed by atoms with Gasteiger partial charge in [0, 0.05) is 5.41 Å². The molecule has 11 heavy (non-hydrogen) atoms. The van der Waals surface area contributed by atoms with E-state index in [1.807, 2.05) is 0 Å². The van der Waals surface area contributed by atoms with Gasteiger partial charge in [-0.15, -0.1) is 0 Å². The number of ether oxygens (including phenoxy) is 1. The summed E-state index contributed by atoms with van der Waals surface area (Å²) in [6, 6.07) is 0. The summed E-state index contributed by atoms with van der Waals surface area (Å²) in [5, 5.41) is 0. The molecule has 2 fully saturated rings. The Kier molecular flexibility index (Phi) is 0.809. The lowest BCUT2D eigenvalue weighted by molar-refractivity contribution is -0.112. The molecule has 2 aliphatic carbocycles. The fourth-order valence-electron chi connectivity index (χ4n) is 3.49. The summed E-state index contributed by atoms with van der Waals surface area (Å²) in [6.45, 7) is 6.73. The minimum Gasteiger partial charge on any atom is -0.380 e. The zero-order valence-electron chi connectivity index (χ0n) is 7.13. The molecule has 1 saturated carbocycles. The van der Waals surface area contributed by atoms with Crippen LogP contribution in [-0.2, 0) is 4.74 Å². The van der Waals surface area contributed by atoms with E-state index in [0.29, 0.717) is 10.8 Å². The van der Waals surface area contributed by atoms with Crippen LogP contribution in [0.1, 0.15) is 13.8 Å². The van der Waals surface area contributed by atoms with Crippen LogP contribution in [0.25, 0.3) is 0 Å². The average Bonchev–Trinajstić information content (AvgIpc) is 2.26. The van der Waals surface area contributed by atoms with Gasteiger partial charge in [0.2, 0.25) is 0 Å². The zero-order chi connectivity index (χ0) is 7.69. The van der Waals surface area contributed by atoms with Crippen LogP contribution in [0.4, 0.5) is 0 Å². The van der Waals surface area contributed by atoms with Gasteiger partial charge in [-0.1, -0.05) is 26.0 Å². The first-order valence-corrected chi connectivity index (χ1v) is 4.45. The fourth-order valence-corrected chi connectivity index (χ4v) is 3.49. The summed E-state index contributed by atoms with van der Waals surface area (Å²) < 4.78 is 5.54. The van der Waals surface area contributed by atoms with Crippen molar-refractivity contribution >= 4 is 0 Å². The molecule has 1 heteroatoms. The van der Waals surface area contributed by atoms with Crippen LogP contribution in [0.5, 0.6) is 0 Å². The highest BCUT2D eigenvalue weighted by Crippen LogP contribution is 2.71. The van der Waals surface area contributed by atoms with Crippen molar-refractivity contribution in [3.63, 3.8) is 0 Å². The summed E-state index contributed by atoms with van der Waals surface area (Å²) >= 11 is 0. The van der Waals surface area contributed by atoms with Crippen LogP contribution in [0.15, 0.2) is 12.2 Å². The second-order valence-corrected chi connectivity index (χ2v) is 4.84. The molecule has 3 rings (SSSR count). The lowest BCUT2D eigenvalue weighted by Gasteiger charge is -2.66. The second-order valence-electron chi connectivity index (χ2n) is 4.84. The Labute approximate surface area is 67.4 Å². The Morgan fingerprint density at radius 1 is 1.45 bits per heavy atom. The lowest BCUT2D eigenvalue weighted by Crippen LogP contribution is -2.63. The van der Waals surface area contributed by atoms with Crippen molar-refractivity contribution in [3.05, 3.63) is 12.2 Å². The maximum Gasteiger partial charge on any atom is 0.0566 e. The molecule has 1 heterocycles. The number of rotatable bonds is 0. The van der Waals surface area contributed by atoms with Crippen LogP contribution in [-0.4, -0.2) is 13.2 Å². The summed E-state index contributed by atoms with van der Waals surface area (Å²) in [5.41, 5.74) is 1.02. The Balaban J connectivity index is 2.06. The summed E-state index contributed by atoms with van der Waals surface area (Å²) in [6.07, 6.45) is 4.74. The second kappa shape index (κ2) is 1.42. The van der Waals surface area contributed by atoms with E-state index in [0.717, 1.165) is 25.0 Å². The minimum absolute atomic E-state index is 0.503. The quantitative estimate of drug-likeness (QED) is 0.479. The highest BCUT2D eigenvalue weighted by atomic mass is 16.5. The summed E-state index contributed by atoms with van der Waals surface area (Å²) in [7, 11) is 0. The van der Waals surface area contributed by atoms with Gasteiger partial charge in [0.05, 0.1) is 13.2 Å². The van der Waals surface area contributed by atoms with Gasteiger partial charge in [-0.05, 0) is 17.3 Å². The van der Waals surface area contributed by atoms with Crippen molar-refractivity contribution in [1.82, 2.24) is 0 Å². The van der Waals surface area contributed by atoms with Crippen LogP contribution in [0.3, 0.4) is 0 Å². The lowest BCUT2D eigenvalue weighted by atomic mass is 9.37. The van der Waals surface area contributed by atoms with Crippen molar-refractivity contribution in [3.8, 4) is 0 Å². The van der Waals surface area contributed by atoms with Gasteiger partial charge in [-0.3, -0.25) is 0 Å². The Bertz CT molecular complexity index is 241. The topological polar surface area (TPSA) is 9.23 Å². The van der Waals surface area contributed by atoms with E-state index in [9.17, 15) is 0 Å². The SMILES string of the molecule is CC1(C)[C@@H]2C=CC23COC[C@@H]13. The molecule has 1 saturated heterocycles. The molecular formula is C10H14O.